The van der Waals surface area contributed by atoms with Crippen LogP contribution in [0.2, 0.25) is 5.02 Å². The van der Waals surface area contributed by atoms with E-state index in [9.17, 15) is 24.0 Å². The van der Waals surface area contributed by atoms with Crippen molar-refractivity contribution in [3.8, 4) is 5.75 Å². The highest BCUT2D eigenvalue weighted by molar-refractivity contribution is 6.32. The number of aryl methyl sites for hydroxylation is 1. The van der Waals surface area contributed by atoms with Gasteiger partial charge in [-0.2, -0.15) is 0 Å². The SMILES string of the molecule is CCc1cc(=O)oc2cc(O[C@@H]3O[C@@H](COC(C)=O)[C@H](OC(C)=O)[C@@H](OC(C)=O)[C@@H]3OC(C)=O)c(Cl)cc12. The van der Waals surface area contributed by atoms with Crippen LogP contribution in [0.5, 0.6) is 5.75 Å². The van der Waals surface area contributed by atoms with Gasteiger partial charge in [-0.15, -0.1) is 0 Å². The molecule has 0 spiro atoms. The zero-order valence-corrected chi connectivity index (χ0v) is 22.1. The largest absolute Gasteiger partial charge is 0.463 e. The Balaban J connectivity index is 2.08. The lowest BCUT2D eigenvalue weighted by molar-refractivity contribution is -0.288. The van der Waals surface area contributed by atoms with Crippen LogP contribution in [-0.4, -0.2) is 61.2 Å². The van der Waals surface area contributed by atoms with Crippen LogP contribution in [-0.2, 0) is 49.3 Å². The molecular weight excluding hydrogens is 528 g/mol. The van der Waals surface area contributed by atoms with Crippen molar-refractivity contribution in [2.24, 2.45) is 0 Å². The molecule has 0 unspecified atom stereocenters. The van der Waals surface area contributed by atoms with E-state index in [0.717, 1.165) is 27.7 Å². The molecule has 38 heavy (non-hydrogen) atoms. The lowest BCUT2D eigenvalue weighted by Crippen LogP contribution is -2.63. The van der Waals surface area contributed by atoms with Crippen molar-refractivity contribution in [2.75, 3.05) is 6.61 Å². The van der Waals surface area contributed by atoms with E-state index in [0.29, 0.717) is 17.4 Å². The summed E-state index contributed by atoms with van der Waals surface area (Å²) in [6.07, 6.45) is -6.35. The van der Waals surface area contributed by atoms with E-state index in [1.54, 1.807) is 6.07 Å². The second-order valence-electron chi connectivity index (χ2n) is 8.41. The molecular formula is C25H27ClO12. The van der Waals surface area contributed by atoms with Crippen molar-refractivity contribution in [1.29, 1.82) is 0 Å². The molecule has 5 atom stereocenters. The molecule has 0 bridgehead atoms. The maximum Gasteiger partial charge on any atom is 0.336 e. The quantitative estimate of drug-likeness (QED) is 0.267. The Morgan fingerprint density at radius 2 is 1.47 bits per heavy atom. The molecule has 1 aliphatic rings. The van der Waals surface area contributed by atoms with E-state index < -0.39 is 66.8 Å². The third-order valence-electron chi connectivity index (χ3n) is 5.45. The Morgan fingerprint density at radius 1 is 0.868 bits per heavy atom. The minimum absolute atomic E-state index is 0.0172. The van der Waals surface area contributed by atoms with Gasteiger partial charge < -0.3 is 32.8 Å². The number of hydrogen-bond acceptors (Lipinski definition) is 12. The summed E-state index contributed by atoms with van der Waals surface area (Å²) < 4.78 is 38.3. The van der Waals surface area contributed by atoms with Gasteiger partial charge in [0.05, 0.1) is 5.02 Å². The van der Waals surface area contributed by atoms with E-state index in [1.165, 1.54) is 12.1 Å². The molecule has 12 nitrogen and oxygen atoms in total. The summed E-state index contributed by atoms with van der Waals surface area (Å²) in [5.41, 5.74) is 0.311. The number of carbonyl (C=O) groups excluding carboxylic acids is 4. The molecule has 0 N–H and O–H groups in total. The van der Waals surface area contributed by atoms with Crippen LogP contribution >= 0.6 is 11.6 Å². The molecule has 0 amide bonds. The summed E-state index contributed by atoms with van der Waals surface area (Å²) in [4.78, 5) is 59.3. The van der Waals surface area contributed by atoms with E-state index >= 15 is 0 Å². The zero-order valence-electron chi connectivity index (χ0n) is 21.3. The molecule has 0 radical (unpaired) electrons. The van der Waals surface area contributed by atoms with Crippen molar-refractivity contribution in [1.82, 2.24) is 0 Å². The van der Waals surface area contributed by atoms with Crippen molar-refractivity contribution in [2.45, 2.75) is 71.7 Å². The minimum Gasteiger partial charge on any atom is -0.463 e. The number of rotatable bonds is 8. The predicted molar refractivity (Wildman–Crippen MR) is 129 cm³/mol. The van der Waals surface area contributed by atoms with Crippen LogP contribution < -0.4 is 10.4 Å². The fraction of sp³-hybridized carbons (Fsp3) is 0.480. The summed E-state index contributed by atoms with van der Waals surface area (Å²) in [6.45, 7) is 5.94. The molecule has 1 fully saturated rings. The van der Waals surface area contributed by atoms with Crippen LogP contribution in [0.4, 0.5) is 0 Å². The number of benzene rings is 1. The van der Waals surface area contributed by atoms with E-state index in [1.807, 2.05) is 6.92 Å². The zero-order chi connectivity index (χ0) is 28.1. The molecule has 2 aromatic rings. The molecule has 1 saturated heterocycles. The summed E-state index contributed by atoms with van der Waals surface area (Å²) in [6, 6.07) is 4.27. The van der Waals surface area contributed by atoms with Gasteiger partial charge in [0.25, 0.3) is 0 Å². The van der Waals surface area contributed by atoms with Gasteiger partial charge in [-0.1, -0.05) is 18.5 Å². The first-order chi connectivity index (χ1) is 17.9. The number of carbonyl (C=O) groups is 4. The van der Waals surface area contributed by atoms with Gasteiger partial charge in [0.2, 0.25) is 12.4 Å². The van der Waals surface area contributed by atoms with Crippen LogP contribution in [0.3, 0.4) is 0 Å². The maximum atomic E-state index is 12.0. The lowest BCUT2D eigenvalue weighted by Gasteiger charge is -2.43. The number of ether oxygens (including phenoxy) is 6. The second-order valence-corrected chi connectivity index (χ2v) is 8.82. The summed E-state index contributed by atoms with van der Waals surface area (Å²) in [5, 5.41) is 0.694. The number of halogens is 1. The molecule has 0 saturated carbocycles. The summed E-state index contributed by atoms with van der Waals surface area (Å²) in [7, 11) is 0. The van der Waals surface area contributed by atoms with Crippen LogP contribution in [0, 0.1) is 0 Å². The Kier molecular flexibility index (Phi) is 9.34. The third-order valence-corrected chi connectivity index (χ3v) is 5.75. The van der Waals surface area contributed by atoms with E-state index in [2.05, 4.69) is 0 Å². The van der Waals surface area contributed by atoms with Crippen molar-refractivity contribution >= 4 is 46.4 Å². The summed E-state index contributed by atoms with van der Waals surface area (Å²) >= 11 is 6.47. The molecule has 3 rings (SSSR count). The highest BCUT2D eigenvalue weighted by atomic mass is 35.5. The highest BCUT2D eigenvalue weighted by Gasteiger charge is 2.53. The topological polar surface area (TPSA) is 154 Å². The molecule has 206 valence electrons. The standard InChI is InChI=1S/C25H27ClO12/c1-6-15-7-21(31)36-18-9-19(17(26)8-16(15)18)37-25-24(35-14(5)30)23(34-13(4)29)22(33-12(3)28)20(38-25)10-32-11(2)27/h7-9,20,22-25H,6,10H2,1-5H3/t20-,22-,23+,24-,25+/m0/s1. The second kappa shape index (κ2) is 12.3. The minimum atomic E-state index is -1.49. The van der Waals surface area contributed by atoms with Gasteiger partial charge in [0.15, 0.2) is 12.2 Å². The average molecular weight is 555 g/mol. The monoisotopic (exact) mass is 554 g/mol. The third kappa shape index (κ3) is 7.01. The summed E-state index contributed by atoms with van der Waals surface area (Å²) in [5.74, 6) is -3.00. The van der Waals surface area contributed by atoms with Gasteiger partial charge in [0.1, 0.15) is 24.0 Å². The van der Waals surface area contributed by atoms with Gasteiger partial charge in [0, 0.05) is 45.2 Å². The molecule has 13 heteroatoms. The van der Waals surface area contributed by atoms with Gasteiger partial charge in [-0.3, -0.25) is 19.2 Å². The van der Waals surface area contributed by atoms with Crippen LogP contribution in [0.1, 0.15) is 40.2 Å². The molecule has 2 heterocycles. The Bertz CT molecular complexity index is 1290. The van der Waals surface area contributed by atoms with Gasteiger partial charge in [-0.05, 0) is 18.1 Å². The Hall–Kier alpha value is -3.64. The van der Waals surface area contributed by atoms with Gasteiger partial charge in [-0.25, -0.2) is 4.79 Å². The fourth-order valence-electron chi connectivity index (χ4n) is 4.02. The fourth-order valence-corrected chi connectivity index (χ4v) is 4.23. The number of esters is 4. The lowest BCUT2D eigenvalue weighted by atomic mass is 9.98. The molecule has 1 aromatic heterocycles. The highest BCUT2D eigenvalue weighted by Crippen LogP contribution is 2.36. The van der Waals surface area contributed by atoms with Crippen molar-refractivity contribution < 1.29 is 52.0 Å². The first kappa shape index (κ1) is 28.9. The molecule has 1 aliphatic heterocycles. The maximum absolute atomic E-state index is 12.0. The number of fused-ring (bicyclic) bond motifs is 1. The Labute approximate surface area is 222 Å². The predicted octanol–water partition coefficient (Wildman–Crippen LogP) is 2.47. The van der Waals surface area contributed by atoms with Crippen molar-refractivity contribution in [3.05, 3.63) is 39.2 Å². The van der Waals surface area contributed by atoms with Gasteiger partial charge >= 0.3 is 29.5 Å². The normalized spacial score (nSPS) is 22.8. The van der Waals surface area contributed by atoms with E-state index in [4.69, 9.17) is 44.4 Å². The molecule has 1 aromatic carbocycles. The first-order valence-electron chi connectivity index (χ1n) is 11.6. The van der Waals surface area contributed by atoms with E-state index in [-0.39, 0.29) is 16.4 Å². The van der Waals surface area contributed by atoms with Crippen molar-refractivity contribution in [3.63, 3.8) is 0 Å². The molecule has 0 aliphatic carbocycles. The van der Waals surface area contributed by atoms with Crippen LogP contribution in [0.15, 0.2) is 27.4 Å². The smallest absolute Gasteiger partial charge is 0.336 e. The Morgan fingerprint density at radius 3 is 2.05 bits per heavy atom. The number of hydrogen-bond donors (Lipinski definition) is 0. The first-order valence-corrected chi connectivity index (χ1v) is 12.0. The average Bonchev–Trinajstić information content (AvgIpc) is 2.81. The van der Waals surface area contributed by atoms with Crippen LogP contribution in [0.25, 0.3) is 11.0 Å².